The van der Waals surface area contributed by atoms with Crippen molar-refractivity contribution in [2.24, 2.45) is 22.7 Å². The van der Waals surface area contributed by atoms with Gasteiger partial charge in [0.25, 0.3) is 0 Å². The molecule has 0 bridgehead atoms. The Hall–Kier alpha value is -2.34. The van der Waals surface area contributed by atoms with Crippen molar-refractivity contribution in [1.29, 1.82) is 0 Å². The minimum atomic E-state index is -0.0327. The number of nitrogens with zero attached hydrogens (tertiary/aromatic N) is 2. The number of hydrogen-bond donors (Lipinski definition) is 1. The Kier molecular flexibility index (Phi) is 7.09. The summed E-state index contributed by atoms with van der Waals surface area (Å²) in [5, 5.41) is 6.50. The first-order valence-corrected chi connectivity index (χ1v) is 10.2. The van der Waals surface area contributed by atoms with Gasteiger partial charge in [0.15, 0.2) is 11.5 Å². The second-order valence-corrected chi connectivity index (χ2v) is 7.38. The van der Waals surface area contributed by atoms with Crippen molar-refractivity contribution in [1.82, 2.24) is 5.01 Å². The van der Waals surface area contributed by atoms with Crippen molar-refractivity contribution in [2.75, 3.05) is 27.3 Å². The maximum atomic E-state index is 13.0. The van der Waals surface area contributed by atoms with E-state index in [1.54, 1.807) is 19.2 Å². The fraction of sp³-hybridized carbons (Fsp3) is 0.545. The third kappa shape index (κ3) is 4.38. The van der Waals surface area contributed by atoms with E-state index in [2.05, 4.69) is 12.2 Å². The molecule has 28 heavy (non-hydrogen) atoms. The van der Waals surface area contributed by atoms with Crippen LogP contribution in [0.15, 0.2) is 35.5 Å². The van der Waals surface area contributed by atoms with E-state index in [0.29, 0.717) is 18.0 Å². The number of hydrogen-bond acceptors (Lipinski definition) is 5. The molecule has 2 atom stereocenters. The predicted octanol–water partition coefficient (Wildman–Crippen LogP) is 3.35. The van der Waals surface area contributed by atoms with E-state index in [1.807, 2.05) is 18.2 Å². The first kappa shape index (κ1) is 20.4. The lowest BCUT2D eigenvalue weighted by Gasteiger charge is -2.37. The smallest absolute Gasteiger partial charge is 0.246 e. The number of carbonyl (C=O) groups excluding carboxylic acids is 1. The third-order valence-corrected chi connectivity index (χ3v) is 5.59. The topological polar surface area (TPSA) is 77.1 Å². The number of rotatable bonds is 9. The Balaban J connectivity index is 1.86. The summed E-state index contributed by atoms with van der Waals surface area (Å²) in [5.41, 5.74) is 7.52. The van der Waals surface area contributed by atoms with Crippen LogP contribution in [-0.2, 0) is 4.79 Å². The van der Waals surface area contributed by atoms with Crippen LogP contribution < -0.4 is 15.2 Å². The van der Waals surface area contributed by atoms with Crippen LogP contribution >= 0.6 is 0 Å². The molecule has 0 aromatic heterocycles. The van der Waals surface area contributed by atoms with Gasteiger partial charge in [0, 0.05) is 18.0 Å². The Morgan fingerprint density at radius 1 is 1.04 bits per heavy atom. The van der Waals surface area contributed by atoms with E-state index in [0.717, 1.165) is 56.3 Å². The lowest BCUT2D eigenvalue weighted by atomic mass is 9.76. The zero-order chi connectivity index (χ0) is 19.9. The SMILES string of the molecule is COc1ccc(C2=NN(CCCCCCN)C(=O)C3CC=CCC23)cc1OC. The molecule has 0 fully saturated rings. The molecule has 6 nitrogen and oxygen atoms in total. The van der Waals surface area contributed by atoms with Crippen LogP contribution in [0, 0.1) is 11.8 Å². The van der Waals surface area contributed by atoms with Crippen LogP contribution in [0.1, 0.15) is 44.1 Å². The molecule has 0 spiro atoms. The minimum absolute atomic E-state index is 0.0327. The van der Waals surface area contributed by atoms with Crippen LogP contribution in [0.3, 0.4) is 0 Å². The van der Waals surface area contributed by atoms with Crippen molar-refractivity contribution in [2.45, 2.75) is 38.5 Å². The summed E-state index contributed by atoms with van der Waals surface area (Å²) >= 11 is 0. The fourth-order valence-electron chi connectivity index (χ4n) is 4.02. The normalized spacial score (nSPS) is 21.3. The number of allylic oxidation sites excluding steroid dienone is 2. The van der Waals surface area contributed by atoms with Crippen molar-refractivity contribution in [3.05, 3.63) is 35.9 Å². The number of amides is 1. The van der Waals surface area contributed by atoms with Gasteiger partial charge in [-0.25, -0.2) is 5.01 Å². The number of fused-ring (bicyclic) bond motifs is 1. The van der Waals surface area contributed by atoms with Gasteiger partial charge in [-0.3, -0.25) is 4.79 Å². The third-order valence-electron chi connectivity index (χ3n) is 5.59. The molecule has 0 radical (unpaired) electrons. The van der Waals surface area contributed by atoms with E-state index in [4.69, 9.17) is 20.3 Å². The minimum Gasteiger partial charge on any atom is -0.493 e. The number of unbranched alkanes of at least 4 members (excludes halogenated alkanes) is 3. The van der Waals surface area contributed by atoms with E-state index >= 15 is 0 Å². The first-order chi connectivity index (χ1) is 13.7. The summed E-state index contributed by atoms with van der Waals surface area (Å²) in [7, 11) is 3.26. The van der Waals surface area contributed by atoms with Gasteiger partial charge in [-0.05, 0) is 50.4 Å². The monoisotopic (exact) mass is 385 g/mol. The van der Waals surface area contributed by atoms with Gasteiger partial charge >= 0.3 is 0 Å². The summed E-state index contributed by atoms with van der Waals surface area (Å²) in [5.74, 6) is 1.60. The zero-order valence-corrected chi connectivity index (χ0v) is 16.9. The van der Waals surface area contributed by atoms with E-state index in [1.165, 1.54) is 0 Å². The highest BCUT2D eigenvalue weighted by molar-refractivity contribution is 6.07. The zero-order valence-electron chi connectivity index (χ0n) is 16.9. The van der Waals surface area contributed by atoms with Crippen LogP contribution in [0.4, 0.5) is 0 Å². The average molecular weight is 386 g/mol. The molecule has 2 aliphatic rings. The number of benzene rings is 1. The van der Waals surface area contributed by atoms with Crippen LogP contribution in [-0.4, -0.2) is 43.9 Å². The summed E-state index contributed by atoms with van der Waals surface area (Å²) in [6.45, 7) is 1.38. The molecule has 1 aromatic carbocycles. The van der Waals surface area contributed by atoms with Gasteiger partial charge in [-0.1, -0.05) is 25.0 Å². The molecular formula is C22H31N3O3. The Bertz CT molecular complexity index is 745. The van der Waals surface area contributed by atoms with Crippen LogP contribution in [0.25, 0.3) is 0 Å². The molecule has 1 amide bonds. The number of hydrazone groups is 1. The molecular weight excluding hydrogens is 354 g/mol. The fourth-order valence-corrected chi connectivity index (χ4v) is 4.02. The molecule has 1 aromatic rings. The van der Waals surface area contributed by atoms with Gasteiger partial charge in [-0.2, -0.15) is 5.10 Å². The number of ether oxygens (including phenoxy) is 2. The lowest BCUT2D eigenvalue weighted by molar-refractivity contribution is -0.137. The number of nitrogens with two attached hydrogens (primary N) is 1. The van der Waals surface area contributed by atoms with Crippen molar-refractivity contribution in [3.63, 3.8) is 0 Å². The summed E-state index contributed by atoms with van der Waals surface area (Å²) in [4.78, 5) is 13.0. The largest absolute Gasteiger partial charge is 0.493 e. The molecule has 6 heteroatoms. The van der Waals surface area contributed by atoms with E-state index in [-0.39, 0.29) is 17.7 Å². The Morgan fingerprint density at radius 2 is 1.75 bits per heavy atom. The van der Waals surface area contributed by atoms with Crippen molar-refractivity contribution < 1.29 is 14.3 Å². The van der Waals surface area contributed by atoms with Gasteiger partial charge in [-0.15, -0.1) is 0 Å². The quantitative estimate of drug-likeness (QED) is 0.522. The second-order valence-electron chi connectivity index (χ2n) is 7.38. The number of methoxy groups -OCH3 is 2. The van der Waals surface area contributed by atoms with Gasteiger partial charge < -0.3 is 15.2 Å². The maximum absolute atomic E-state index is 13.0. The van der Waals surface area contributed by atoms with E-state index in [9.17, 15) is 4.79 Å². The number of carbonyl (C=O) groups is 1. The van der Waals surface area contributed by atoms with Crippen molar-refractivity contribution in [3.8, 4) is 11.5 Å². The molecule has 0 saturated carbocycles. The molecule has 152 valence electrons. The highest BCUT2D eigenvalue weighted by atomic mass is 16.5. The van der Waals surface area contributed by atoms with Crippen LogP contribution in [0.5, 0.6) is 11.5 Å². The highest BCUT2D eigenvalue weighted by Gasteiger charge is 2.39. The molecule has 0 saturated heterocycles. The van der Waals surface area contributed by atoms with Gasteiger partial charge in [0.2, 0.25) is 5.91 Å². The molecule has 3 rings (SSSR count). The van der Waals surface area contributed by atoms with E-state index < -0.39 is 0 Å². The highest BCUT2D eigenvalue weighted by Crippen LogP contribution is 2.37. The lowest BCUT2D eigenvalue weighted by Crippen LogP contribution is -2.45. The van der Waals surface area contributed by atoms with Gasteiger partial charge in [0.1, 0.15) is 0 Å². The standard InChI is InChI=1S/C22H31N3O3/c1-27-19-12-11-16(15-20(19)28-2)21-17-9-5-6-10-18(17)22(26)25(24-21)14-8-4-3-7-13-23/h5-6,11-12,15,17-18H,3-4,7-10,13-14,23H2,1-2H3. The molecule has 1 heterocycles. The average Bonchev–Trinajstić information content (AvgIpc) is 2.74. The van der Waals surface area contributed by atoms with Crippen LogP contribution in [0.2, 0.25) is 0 Å². The first-order valence-electron chi connectivity index (χ1n) is 10.2. The molecule has 1 aliphatic carbocycles. The summed E-state index contributed by atoms with van der Waals surface area (Å²) in [6, 6.07) is 5.87. The molecule has 2 unspecified atom stereocenters. The van der Waals surface area contributed by atoms with Gasteiger partial charge in [0.05, 0.1) is 25.8 Å². The summed E-state index contributed by atoms with van der Waals surface area (Å²) in [6.07, 6.45) is 10.0. The molecule has 2 N–H and O–H groups in total. The molecule has 1 aliphatic heterocycles. The summed E-state index contributed by atoms with van der Waals surface area (Å²) < 4.78 is 10.8. The Labute approximate surface area is 167 Å². The van der Waals surface area contributed by atoms with Crippen molar-refractivity contribution >= 4 is 11.6 Å². The predicted molar refractivity (Wildman–Crippen MR) is 111 cm³/mol. The maximum Gasteiger partial charge on any atom is 0.246 e. The Morgan fingerprint density at radius 3 is 2.46 bits per heavy atom. The second kappa shape index (κ2) is 9.73.